The molecule has 2 aliphatic heterocycles. The standard InChI is InChI=1S/C20H40N2O3Si/c1-19(2,3)25-18(23)22-13-11-16-17(22)10-9-12-21(16)14-15-24-26(7,8)20(4,5)6/h16-17H,9-15H2,1-8H3. The zero-order chi connectivity index (χ0) is 19.8. The lowest BCUT2D eigenvalue weighted by molar-refractivity contribution is 0.0117. The van der Waals surface area contributed by atoms with Crippen LogP contribution in [0.3, 0.4) is 0 Å². The van der Waals surface area contributed by atoms with Crippen LogP contribution >= 0.6 is 0 Å². The Bertz CT molecular complexity index is 496. The second-order valence-corrected chi connectivity index (χ2v) is 15.2. The van der Waals surface area contributed by atoms with Crippen LogP contribution in [-0.4, -0.2) is 68.1 Å². The summed E-state index contributed by atoms with van der Waals surface area (Å²) in [6, 6.07) is 0.755. The first-order chi connectivity index (χ1) is 11.8. The third-order valence-corrected chi connectivity index (χ3v) is 10.7. The molecule has 1 amide bonds. The van der Waals surface area contributed by atoms with Gasteiger partial charge in [-0.05, 0) is 64.7 Å². The maximum atomic E-state index is 12.5. The molecule has 0 aromatic heterocycles. The van der Waals surface area contributed by atoms with E-state index in [0.29, 0.717) is 12.1 Å². The lowest BCUT2D eigenvalue weighted by atomic mass is 9.97. The van der Waals surface area contributed by atoms with Crippen LogP contribution in [0.4, 0.5) is 4.79 Å². The number of rotatable bonds is 4. The molecular formula is C20H40N2O3Si. The normalized spacial score (nSPS) is 25.3. The Morgan fingerprint density at radius 2 is 1.69 bits per heavy atom. The minimum absolute atomic E-state index is 0.149. The topological polar surface area (TPSA) is 42.0 Å². The Labute approximate surface area is 161 Å². The number of nitrogens with zero attached hydrogens (tertiary/aromatic N) is 2. The Balaban J connectivity index is 1.91. The number of fused-ring (bicyclic) bond motifs is 1. The largest absolute Gasteiger partial charge is 0.444 e. The van der Waals surface area contributed by atoms with E-state index in [9.17, 15) is 4.79 Å². The molecule has 0 radical (unpaired) electrons. The number of carbonyl (C=O) groups excluding carboxylic acids is 1. The first-order valence-electron chi connectivity index (χ1n) is 10.2. The quantitative estimate of drug-likeness (QED) is 0.670. The molecule has 6 heteroatoms. The van der Waals surface area contributed by atoms with Gasteiger partial charge in [0.2, 0.25) is 0 Å². The summed E-state index contributed by atoms with van der Waals surface area (Å²) >= 11 is 0. The van der Waals surface area contributed by atoms with Crippen LogP contribution in [-0.2, 0) is 9.16 Å². The number of amides is 1. The Hall–Kier alpha value is -0.593. The summed E-state index contributed by atoms with van der Waals surface area (Å²) in [7, 11) is -1.69. The fourth-order valence-electron chi connectivity index (χ4n) is 3.74. The first kappa shape index (κ1) is 21.7. The average molecular weight is 385 g/mol. The van der Waals surface area contributed by atoms with E-state index < -0.39 is 13.9 Å². The number of ether oxygens (including phenoxy) is 1. The molecule has 152 valence electrons. The number of carbonyl (C=O) groups is 1. The second kappa shape index (κ2) is 7.80. The Morgan fingerprint density at radius 1 is 1.04 bits per heavy atom. The molecule has 2 heterocycles. The fourth-order valence-corrected chi connectivity index (χ4v) is 4.77. The van der Waals surface area contributed by atoms with Gasteiger partial charge in [-0.15, -0.1) is 0 Å². The van der Waals surface area contributed by atoms with Crippen molar-refractivity contribution in [2.24, 2.45) is 0 Å². The summed E-state index contributed by atoms with van der Waals surface area (Å²) in [6.45, 7) is 21.0. The van der Waals surface area contributed by atoms with Crippen molar-refractivity contribution < 1.29 is 14.0 Å². The highest BCUT2D eigenvalue weighted by Gasteiger charge is 2.43. The van der Waals surface area contributed by atoms with Gasteiger partial charge in [0, 0.05) is 25.7 Å². The maximum Gasteiger partial charge on any atom is 0.410 e. The average Bonchev–Trinajstić information content (AvgIpc) is 2.89. The molecule has 2 unspecified atom stereocenters. The summed E-state index contributed by atoms with van der Waals surface area (Å²) in [5.74, 6) is 0. The van der Waals surface area contributed by atoms with Gasteiger partial charge < -0.3 is 14.1 Å². The molecule has 2 atom stereocenters. The molecule has 2 rings (SSSR count). The first-order valence-corrected chi connectivity index (χ1v) is 13.1. The minimum Gasteiger partial charge on any atom is -0.444 e. The van der Waals surface area contributed by atoms with Crippen LogP contribution in [0.25, 0.3) is 0 Å². The third kappa shape index (κ3) is 5.23. The summed E-state index contributed by atoms with van der Waals surface area (Å²) in [6.07, 6.45) is 3.12. The lowest BCUT2D eigenvalue weighted by Gasteiger charge is -2.41. The van der Waals surface area contributed by atoms with Crippen LogP contribution in [0.15, 0.2) is 0 Å². The fraction of sp³-hybridized carbons (Fsp3) is 0.950. The van der Waals surface area contributed by atoms with Gasteiger partial charge in [0.1, 0.15) is 5.60 Å². The zero-order valence-electron chi connectivity index (χ0n) is 18.2. The van der Waals surface area contributed by atoms with E-state index in [1.807, 2.05) is 25.7 Å². The van der Waals surface area contributed by atoms with Gasteiger partial charge in [0.15, 0.2) is 8.32 Å². The monoisotopic (exact) mass is 384 g/mol. The molecule has 2 aliphatic rings. The lowest BCUT2D eigenvalue weighted by Crippen LogP contribution is -2.52. The molecule has 2 saturated heterocycles. The molecular weight excluding hydrogens is 344 g/mol. The maximum absolute atomic E-state index is 12.5. The molecule has 0 bridgehead atoms. The van der Waals surface area contributed by atoms with Crippen molar-refractivity contribution in [1.29, 1.82) is 0 Å². The highest BCUT2D eigenvalue weighted by molar-refractivity contribution is 6.74. The Morgan fingerprint density at radius 3 is 2.27 bits per heavy atom. The van der Waals surface area contributed by atoms with E-state index in [0.717, 1.165) is 45.5 Å². The molecule has 0 aliphatic carbocycles. The highest BCUT2D eigenvalue weighted by atomic mass is 28.4. The van der Waals surface area contributed by atoms with Gasteiger partial charge >= 0.3 is 6.09 Å². The van der Waals surface area contributed by atoms with Crippen molar-refractivity contribution in [2.45, 2.75) is 96.6 Å². The molecule has 2 fully saturated rings. The third-order valence-electron chi connectivity index (χ3n) is 6.20. The van der Waals surface area contributed by atoms with Crippen LogP contribution < -0.4 is 0 Å². The van der Waals surface area contributed by atoms with Gasteiger partial charge in [-0.2, -0.15) is 0 Å². The predicted octanol–water partition coefficient (Wildman–Crippen LogP) is 4.48. The van der Waals surface area contributed by atoms with Crippen LogP contribution in [0.5, 0.6) is 0 Å². The van der Waals surface area contributed by atoms with Gasteiger partial charge in [-0.25, -0.2) is 4.79 Å². The molecule has 0 spiro atoms. The molecule has 5 nitrogen and oxygen atoms in total. The van der Waals surface area contributed by atoms with E-state index in [-0.39, 0.29) is 11.1 Å². The summed E-state index contributed by atoms with van der Waals surface area (Å²) in [4.78, 5) is 17.1. The van der Waals surface area contributed by atoms with Crippen LogP contribution in [0.2, 0.25) is 18.1 Å². The highest BCUT2D eigenvalue weighted by Crippen LogP contribution is 2.37. The van der Waals surface area contributed by atoms with E-state index in [1.165, 1.54) is 0 Å². The van der Waals surface area contributed by atoms with Crippen LogP contribution in [0, 0.1) is 0 Å². The second-order valence-electron chi connectivity index (χ2n) is 10.4. The number of likely N-dealkylation sites (tertiary alicyclic amines) is 2. The summed E-state index contributed by atoms with van der Waals surface area (Å²) in [5.41, 5.74) is -0.430. The number of hydrogen-bond donors (Lipinski definition) is 0. The molecule has 0 saturated carbocycles. The number of piperidine rings is 1. The van der Waals surface area contributed by atoms with Crippen molar-refractivity contribution in [3.05, 3.63) is 0 Å². The predicted molar refractivity (Wildman–Crippen MR) is 109 cm³/mol. The van der Waals surface area contributed by atoms with Gasteiger partial charge in [-0.3, -0.25) is 4.90 Å². The minimum atomic E-state index is -1.69. The van der Waals surface area contributed by atoms with E-state index in [2.05, 4.69) is 38.8 Å². The van der Waals surface area contributed by atoms with E-state index in [1.54, 1.807) is 0 Å². The Kier molecular flexibility index (Phi) is 6.51. The molecule has 26 heavy (non-hydrogen) atoms. The van der Waals surface area contributed by atoms with E-state index >= 15 is 0 Å². The van der Waals surface area contributed by atoms with Gasteiger partial charge in [0.25, 0.3) is 0 Å². The van der Waals surface area contributed by atoms with Gasteiger partial charge in [-0.1, -0.05) is 20.8 Å². The summed E-state index contributed by atoms with van der Waals surface area (Å²) < 4.78 is 12.0. The molecule has 0 aromatic carbocycles. The van der Waals surface area contributed by atoms with Crippen LogP contribution in [0.1, 0.15) is 60.8 Å². The van der Waals surface area contributed by atoms with Crippen molar-refractivity contribution in [2.75, 3.05) is 26.2 Å². The SMILES string of the molecule is CC(C)(C)OC(=O)N1CCC2C1CCCN2CCO[Si](C)(C)C(C)(C)C. The van der Waals surface area contributed by atoms with Crippen molar-refractivity contribution >= 4 is 14.4 Å². The van der Waals surface area contributed by atoms with Gasteiger partial charge in [0.05, 0.1) is 6.04 Å². The zero-order valence-corrected chi connectivity index (χ0v) is 19.2. The van der Waals surface area contributed by atoms with E-state index in [4.69, 9.17) is 9.16 Å². The summed E-state index contributed by atoms with van der Waals surface area (Å²) in [5, 5.41) is 0.248. The number of hydrogen-bond acceptors (Lipinski definition) is 4. The van der Waals surface area contributed by atoms with Crippen molar-refractivity contribution in [3.63, 3.8) is 0 Å². The molecule has 0 aromatic rings. The van der Waals surface area contributed by atoms with Crippen molar-refractivity contribution in [3.8, 4) is 0 Å². The molecule has 0 N–H and O–H groups in total. The smallest absolute Gasteiger partial charge is 0.410 e. The van der Waals surface area contributed by atoms with Crippen molar-refractivity contribution in [1.82, 2.24) is 9.80 Å².